The molecule has 2 rings (SSSR count). The van der Waals surface area contributed by atoms with E-state index in [2.05, 4.69) is 15.0 Å². The van der Waals surface area contributed by atoms with Gasteiger partial charge in [-0.3, -0.25) is 4.57 Å². The normalized spacial score (nSPS) is 26.8. The lowest BCUT2D eigenvalue weighted by Crippen LogP contribution is -2.27. The fraction of sp³-hybridized carbons (Fsp3) is 0.556. The molecule has 1 aromatic heterocycles. The lowest BCUT2D eigenvalue weighted by Gasteiger charge is -2.14. The van der Waals surface area contributed by atoms with E-state index in [1.807, 2.05) is 0 Å². The first-order valence-corrected chi connectivity index (χ1v) is 5.31. The highest BCUT2D eigenvalue weighted by Crippen LogP contribution is 2.29. The van der Waals surface area contributed by atoms with Crippen LogP contribution >= 0.6 is 0 Å². The van der Waals surface area contributed by atoms with Crippen molar-refractivity contribution in [1.29, 1.82) is 0 Å². The summed E-state index contributed by atoms with van der Waals surface area (Å²) in [5, 5.41) is 12.6. The van der Waals surface area contributed by atoms with E-state index < -0.39 is 24.1 Å². The molecule has 1 fully saturated rings. The van der Waals surface area contributed by atoms with E-state index in [0.717, 1.165) is 0 Å². The molecule has 1 aliphatic heterocycles. The van der Waals surface area contributed by atoms with E-state index in [1.165, 1.54) is 16.8 Å². The lowest BCUT2D eigenvalue weighted by atomic mass is 10.1. The van der Waals surface area contributed by atoms with E-state index in [4.69, 9.17) is 21.1 Å². The molecule has 3 atom stereocenters. The molecule has 0 saturated carbocycles. The Morgan fingerprint density at radius 1 is 1.78 bits per heavy atom. The van der Waals surface area contributed by atoms with E-state index in [1.54, 1.807) is 0 Å². The zero-order valence-electron chi connectivity index (χ0n) is 9.38. The molecule has 1 aromatic rings. The van der Waals surface area contributed by atoms with E-state index in [-0.39, 0.29) is 12.4 Å². The zero-order chi connectivity index (χ0) is 13.1. The molecule has 0 bridgehead atoms. The maximum atomic E-state index is 11.6. The second-order valence-corrected chi connectivity index (χ2v) is 3.86. The highest BCUT2D eigenvalue weighted by Gasteiger charge is 2.35. The number of aromatic nitrogens is 2. The SMILES string of the molecule is [N-]=[N+]=N[C@@H]1C[C@H](n2ccc(N)nc2=O)O[C@@H]1CO. The predicted octanol–water partition coefficient (Wildman–Crippen LogP) is -0.216. The number of nitrogens with zero attached hydrogens (tertiary/aromatic N) is 5. The summed E-state index contributed by atoms with van der Waals surface area (Å²) in [6.45, 7) is -0.280. The van der Waals surface area contributed by atoms with Gasteiger partial charge in [0.2, 0.25) is 0 Å². The van der Waals surface area contributed by atoms with E-state index >= 15 is 0 Å². The van der Waals surface area contributed by atoms with Crippen molar-refractivity contribution < 1.29 is 9.84 Å². The average Bonchev–Trinajstić information content (AvgIpc) is 2.72. The van der Waals surface area contributed by atoms with Crippen LogP contribution in [0, 0.1) is 0 Å². The molecule has 0 aliphatic carbocycles. The van der Waals surface area contributed by atoms with Crippen LogP contribution in [-0.4, -0.2) is 33.4 Å². The Kier molecular flexibility index (Phi) is 3.47. The molecule has 0 spiro atoms. The van der Waals surface area contributed by atoms with Crippen LogP contribution in [0.15, 0.2) is 22.2 Å². The molecule has 96 valence electrons. The van der Waals surface area contributed by atoms with Crippen LogP contribution in [0.4, 0.5) is 5.82 Å². The summed E-state index contributed by atoms with van der Waals surface area (Å²) >= 11 is 0. The van der Waals surface area contributed by atoms with Crippen LogP contribution in [0.5, 0.6) is 0 Å². The molecule has 18 heavy (non-hydrogen) atoms. The van der Waals surface area contributed by atoms with Crippen molar-refractivity contribution in [3.63, 3.8) is 0 Å². The molecule has 1 saturated heterocycles. The maximum absolute atomic E-state index is 11.6. The Balaban J connectivity index is 2.25. The Bertz CT molecular complexity index is 537. The molecular formula is C9H12N6O3. The third kappa shape index (κ3) is 2.28. The monoisotopic (exact) mass is 252 g/mol. The maximum Gasteiger partial charge on any atom is 0.351 e. The summed E-state index contributed by atoms with van der Waals surface area (Å²) in [6, 6.07) is 0.967. The van der Waals surface area contributed by atoms with Crippen molar-refractivity contribution in [2.75, 3.05) is 12.3 Å². The first kappa shape index (κ1) is 12.4. The summed E-state index contributed by atoms with van der Waals surface area (Å²) in [6.07, 6.45) is 0.539. The summed E-state index contributed by atoms with van der Waals surface area (Å²) in [7, 11) is 0. The average molecular weight is 252 g/mol. The Hall–Kier alpha value is -2.09. The van der Waals surface area contributed by atoms with Crippen molar-refractivity contribution in [3.8, 4) is 0 Å². The first-order valence-electron chi connectivity index (χ1n) is 5.31. The van der Waals surface area contributed by atoms with Gasteiger partial charge in [0.15, 0.2) is 0 Å². The van der Waals surface area contributed by atoms with Gasteiger partial charge in [-0.05, 0) is 11.6 Å². The van der Waals surface area contributed by atoms with Gasteiger partial charge in [0.25, 0.3) is 0 Å². The van der Waals surface area contributed by atoms with Crippen molar-refractivity contribution in [1.82, 2.24) is 9.55 Å². The number of nitrogens with two attached hydrogens (primary N) is 1. The second-order valence-electron chi connectivity index (χ2n) is 3.86. The molecule has 3 N–H and O–H groups in total. The van der Waals surface area contributed by atoms with Crippen molar-refractivity contribution in [2.24, 2.45) is 5.11 Å². The minimum Gasteiger partial charge on any atom is -0.394 e. The van der Waals surface area contributed by atoms with Gasteiger partial charge < -0.3 is 15.6 Å². The van der Waals surface area contributed by atoms with Gasteiger partial charge in [-0.25, -0.2) is 4.79 Å². The smallest absolute Gasteiger partial charge is 0.351 e. The number of aliphatic hydroxyl groups is 1. The van der Waals surface area contributed by atoms with Gasteiger partial charge >= 0.3 is 5.69 Å². The quantitative estimate of drug-likeness (QED) is 0.435. The number of hydrogen-bond acceptors (Lipinski definition) is 6. The van der Waals surface area contributed by atoms with Gasteiger partial charge in [-0.1, -0.05) is 5.11 Å². The van der Waals surface area contributed by atoms with Crippen molar-refractivity contribution in [2.45, 2.75) is 24.8 Å². The van der Waals surface area contributed by atoms with Crippen LogP contribution in [0.2, 0.25) is 0 Å². The van der Waals surface area contributed by atoms with Crippen molar-refractivity contribution >= 4 is 5.82 Å². The molecule has 1 aliphatic rings. The van der Waals surface area contributed by atoms with E-state index in [0.29, 0.717) is 6.42 Å². The highest BCUT2D eigenvalue weighted by molar-refractivity contribution is 5.23. The number of nitrogen functional groups attached to an aromatic ring is 1. The first-order chi connectivity index (χ1) is 8.65. The van der Waals surface area contributed by atoms with Gasteiger partial charge in [-0.15, -0.1) is 0 Å². The Morgan fingerprint density at radius 3 is 3.17 bits per heavy atom. The number of rotatable bonds is 3. The van der Waals surface area contributed by atoms with Gasteiger partial charge in [-0.2, -0.15) is 4.98 Å². The third-order valence-electron chi connectivity index (χ3n) is 2.75. The van der Waals surface area contributed by atoms with Crippen molar-refractivity contribution in [3.05, 3.63) is 33.2 Å². The van der Waals surface area contributed by atoms with Crippen LogP contribution < -0.4 is 11.4 Å². The van der Waals surface area contributed by atoms with Crippen LogP contribution in [-0.2, 0) is 4.74 Å². The van der Waals surface area contributed by atoms with Gasteiger partial charge in [0, 0.05) is 17.5 Å². The van der Waals surface area contributed by atoms with Gasteiger partial charge in [0.05, 0.1) is 18.8 Å². The zero-order valence-corrected chi connectivity index (χ0v) is 9.38. The van der Waals surface area contributed by atoms with E-state index in [9.17, 15) is 4.79 Å². The molecule has 2 heterocycles. The molecule has 0 aromatic carbocycles. The molecule has 9 heteroatoms. The number of ether oxygens (including phenoxy) is 1. The van der Waals surface area contributed by atoms with Crippen LogP contribution in [0.25, 0.3) is 10.4 Å². The lowest BCUT2D eigenvalue weighted by molar-refractivity contribution is -0.0269. The van der Waals surface area contributed by atoms with Gasteiger partial charge in [0.1, 0.15) is 12.0 Å². The van der Waals surface area contributed by atoms with Crippen LogP contribution in [0.3, 0.4) is 0 Å². The third-order valence-corrected chi connectivity index (χ3v) is 2.75. The molecule has 0 amide bonds. The Labute approximate surface area is 101 Å². The minimum atomic E-state index is -0.615. The molecule has 9 nitrogen and oxygen atoms in total. The Morgan fingerprint density at radius 2 is 2.56 bits per heavy atom. The number of azide groups is 1. The highest BCUT2D eigenvalue weighted by atomic mass is 16.5. The number of anilines is 1. The largest absolute Gasteiger partial charge is 0.394 e. The molecular weight excluding hydrogens is 240 g/mol. The molecule has 0 unspecified atom stereocenters. The number of aliphatic hydroxyl groups excluding tert-OH is 1. The number of hydrogen-bond donors (Lipinski definition) is 2. The topological polar surface area (TPSA) is 139 Å². The fourth-order valence-corrected chi connectivity index (χ4v) is 1.88. The second kappa shape index (κ2) is 5.05. The summed E-state index contributed by atoms with van der Waals surface area (Å²) < 4.78 is 6.71. The molecule has 0 radical (unpaired) electrons. The summed E-state index contributed by atoms with van der Waals surface area (Å²) in [5.74, 6) is 0.125. The summed E-state index contributed by atoms with van der Waals surface area (Å²) in [5.41, 5.74) is 13.3. The van der Waals surface area contributed by atoms with Crippen LogP contribution in [0.1, 0.15) is 12.6 Å². The minimum absolute atomic E-state index is 0.125. The predicted molar refractivity (Wildman–Crippen MR) is 61.5 cm³/mol. The standard InChI is InChI=1S/C9H12N6O3/c10-7-1-2-15(9(17)12-7)8-3-5(13-14-11)6(4-16)18-8/h1-2,5-6,8,16H,3-4H2,(H2,10,12,17)/t5-,6-,8-/m1/s1. The fourth-order valence-electron chi connectivity index (χ4n) is 1.88. The summed E-state index contributed by atoms with van der Waals surface area (Å²) in [4.78, 5) is 17.9.